The lowest BCUT2D eigenvalue weighted by Crippen LogP contribution is -2.59. The quantitative estimate of drug-likeness (QED) is 0.162. The van der Waals surface area contributed by atoms with E-state index in [0.717, 1.165) is 17.1 Å². The van der Waals surface area contributed by atoms with Crippen molar-refractivity contribution < 1.29 is 41.0 Å². The minimum atomic E-state index is -4.49. The van der Waals surface area contributed by atoms with Gasteiger partial charge in [0.05, 0.1) is 19.0 Å². The van der Waals surface area contributed by atoms with Gasteiger partial charge in [-0.3, -0.25) is 14.5 Å². The molecule has 5 rings (SSSR count). The number of methoxy groups -OCH3 is 1. The lowest BCUT2D eigenvalue weighted by atomic mass is 9.88. The van der Waals surface area contributed by atoms with Crippen LogP contribution in [0.1, 0.15) is 62.9 Å². The monoisotopic (exact) mass is 728 g/mol. The molecule has 3 fully saturated rings. The number of fused-ring (bicyclic) bond motifs is 2. The third-order valence-corrected chi connectivity index (χ3v) is 11.6. The Morgan fingerprint density at radius 1 is 1.04 bits per heavy atom. The van der Waals surface area contributed by atoms with Gasteiger partial charge in [-0.05, 0) is 64.5 Å². The van der Waals surface area contributed by atoms with Crippen molar-refractivity contribution in [2.75, 3.05) is 26.8 Å². The van der Waals surface area contributed by atoms with Crippen molar-refractivity contribution in [3.05, 3.63) is 29.8 Å². The zero-order valence-electron chi connectivity index (χ0n) is 29.7. The van der Waals surface area contributed by atoms with Gasteiger partial charge in [0.1, 0.15) is 18.4 Å². The van der Waals surface area contributed by atoms with Crippen LogP contribution in [-0.2, 0) is 16.3 Å². The van der Waals surface area contributed by atoms with E-state index in [-0.39, 0.29) is 67.2 Å². The largest absolute Gasteiger partial charge is 0.481 e. The molecule has 2 aromatic rings. The van der Waals surface area contributed by atoms with Gasteiger partial charge in [-0.15, -0.1) is 0 Å². The van der Waals surface area contributed by atoms with Crippen molar-refractivity contribution >= 4 is 19.9 Å². The minimum absolute atomic E-state index is 0.0113. The summed E-state index contributed by atoms with van der Waals surface area (Å²) in [4.78, 5) is 34.3. The van der Waals surface area contributed by atoms with E-state index in [4.69, 9.17) is 9.47 Å². The van der Waals surface area contributed by atoms with Crippen LogP contribution in [0.2, 0.25) is 25.7 Å². The summed E-state index contributed by atoms with van der Waals surface area (Å²) in [5, 5.41) is 7.52. The van der Waals surface area contributed by atoms with Gasteiger partial charge in [-0.1, -0.05) is 19.6 Å². The number of hydrogen-bond donors (Lipinski definition) is 1. The first-order valence-electron chi connectivity index (χ1n) is 17.3. The van der Waals surface area contributed by atoms with Crippen molar-refractivity contribution in [1.29, 1.82) is 0 Å². The standard InChI is InChI=1S/C34H49F5N6O4Si/c1-33(2,36)19-43-18-22(7-10-29(43)34(37,38)39)41-31(46)21-13-23-8-9-24(14-21)45(23)32(47)27-16-28(25-15-30(48-3)40-17-26(25)35)44(42-27)20-49-11-12-50(4,5)6/h15-17,21-24,29H,7-14,18-20H2,1-6H3,(H,41,46)/t21?,22?,23-,24+,29?. The van der Waals surface area contributed by atoms with Crippen LogP contribution >= 0.6 is 0 Å². The van der Waals surface area contributed by atoms with Crippen LogP contribution in [0.5, 0.6) is 5.88 Å². The van der Waals surface area contributed by atoms with Crippen LogP contribution in [0.15, 0.2) is 18.3 Å². The highest BCUT2D eigenvalue weighted by atomic mass is 28.3. The van der Waals surface area contributed by atoms with E-state index in [1.165, 1.54) is 31.7 Å². The average molecular weight is 729 g/mol. The fourth-order valence-corrected chi connectivity index (χ4v) is 8.21. The SMILES string of the molecule is COc1cc(-c2cc(C(=O)N3[C@@H]4CC[C@H]3CC(C(=O)NC3CCC(C(F)(F)F)N(CC(C)(C)F)C3)C4)nn2COCC[Si](C)(C)C)c(F)cn1. The van der Waals surface area contributed by atoms with E-state index >= 15 is 4.39 Å². The molecule has 5 atom stereocenters. The molecule has 2 amide bonds. The van der Waals surface area contributed by atoms with Gasteiger partial charge < -0.3 is 19.7 Å². The molecule has 3 aliphatic heterocycles. The maximum atomic E-state index is 15.1. The van der Waals surface area contributed by atoms with E-state index in [9.17, 15) is 27.2 Å². The Morgan fingerprint density at radius 3 is 2.32 bits per heavy atom. The predicted molar refractivity (Wildman–Crippen MR) is 180 cm³/mol. The fourth-order valence-electron chi connectivity index (χ4n) is 7.46. The Bertz CT molecular complexity index is 1510. The van der Waals surface area contributed by atoms with E-state index in [0.29, 0.717) is 38.0 Å². The average Bonchev–Trinajstić information content (AvgIpc) is 3.54. The molecule has 10 nitrogen and oxygen atoms in total. The van der Waals surface area contributed by atoms with Crippen molar-refractivity contribution in [1.82, 2.24) is 29.9 Å². The fraction of sp³-hybridized carbons (Fsp3) is 0.706. The highest BCUT2D eigenvalue weighted by Gasteiger charge is 2.49. The van der Waals surface area contributed by atoms with E-state index in [1.54, 1.807) is 11.0 Å². The first-order chi connectivity index (χ1) is 23.3. The molecular weight excluding hydrogens is 679 g/mol. The normalized spacial score (nSPS) is 24.8. The van der Waals surface area contributed by atoms with Crippen molar-refractivity contribution in [3.63, 3.8) is 0 Å². The number of aromatic nitrogens is 3. The van der Waals surface area contributed by atoms with Crippen molar-refractivity contribution in [2.45, 2.75) is 121 Å². The zero-order valence-corrected chi connectivity index (χ0v) is 30.7. The second-order valence-corrected chi connectivity index (χ2v) is 21.3. The van der Waals surface area contributed by atoms with Crippen LogP contribution in [-0.4, -0.2) is 107 Å². The topological polar surface area (TPSA) is 102 Å². The Kier molecular flexibility index (Phi) is 11.3. The molecule has 50 heavy (non-hydrogen) atoms. The lowest BCUT2D eigenvalue weighted by molar-refractivity contribution is -0.196. The molecule has 3 saturated heterocycles. The van der Waals surface area contributed by atoms with Gasteiger partial charge in [-0.2, -0.15) is 18.3 Å². The molecule has 0 aliphatic carbocycles. The summed E-state index contributed by atoms with van der Waals surface area (Å²) in [5.41, 5.74) is -1.20. The number of hydrogen-bond acceptors (Lipinski definition) is 7. The molecule has 2 aromatic heterocycles. The molecule has 3 aliphatic rings. The molecule has 278 valence electrons. The molecule has 0 spiro atoms. The van der Waals surface area contributed by atoms with Crippen LogP contribution in [0.4, 0.5) is 22.0 Å². The second kappa shape index (κ2) is 14.9. The summed E-state index contributed by atoms with van der Waals surface area (Å²) < 4.78 is 83.2. The van der Waals surface area contributed by atoms with Gasteiger partial charge in [0.25, 0.3) is 5.91 Å². The number of halogens is 5. The molecule has 0 radical (unpaired) electrons. The van der Waals surface area contributed by atoms with Crippen LogP contribution < -0.4 is 10.1 Å². The van der Waals surface area contributed by atoms with Crippen LogP contribution in [0.25, 0.3) is 11.3 Å². The molecule has 5 heterocycles. The molecule has 2 bridgehead atoms. The summed E-state index contributed by atoms with van der Waals surface area (Å²) in [6.07, 6.45) is -1.34. The Balaban J connectivity index is 1.28. The van der Waals surface area contributed by atoms with E-state index in [2.05, 4.69) is 35.0 Å². The third kappa shape index (κ3) is 9.21. The molecule has 1 N–H and O–H groups in total. The molecule has 3 unspecified atom stereocenters. The molecule has 0 aromatic carbocycles. The number of nitrogens with one attached hydrogen (secondary N) is 1. The molecule has 0 saturated carbocycles. The van der Waals surface area contributed by atoms with Gasteiger partial charge in [-0.25, -0.2) is 18.4 Å². The minimum Gasteiger partial charge on any atom is -0.481 e. The highest BCUT2D eigenvalue weighted by molar-refractivity contribution is 6.76. The zero-order chi connectivity index (χ0) is 36.6. The van der Waals surface area contributed by atoms with E-state index in [1.807, 2.05) is 0 Å². The van der Waals surface area contributed by atoms with Gasteiger partial charge in [0, 0.05) is 63.4 Å². The number of nitrogens with zero attached hydrogens (tertiary/aromatic N) is 5. The number of likely N-dealkylation sites (tertiary alicyclic amines) is 1. The number of rotatable bonds is 12. The lowest BCUT2D eigenvalue weighted by Gasteiger charge is -2.43. The number of carbonyl (C=O) groups is 2. The number of carbonyl (C=O) groups excluding carboxylic acids is 2. The number of amides is 2. The number of piperidine rings is 2. The van der Waals surface area contributed by atoms with Crippen LogP contribution in [0.3, 0.4) is 0 Å². The third-order valence-electron chi connectivity index (χ3n) is 9.85. The number of ether oxygens (including phenoxy) is 2. The first-order valence-corrected chi connectivity index (χ1v) is 21.0. The van der Waals surface area contributed by atoms with Gasteiger partial charge in [0.2, 0.25) is 11.8 Å². The number of pyridine rings is 1. The summed E-state index contributed by atoms with van der Waals surface area (Å²) in [5.74, 6) is -1.41. The first kappa shape index (κ1) is 38.1. The van der Waals surface area contributed by atoms with E-state index < -0.39 is 50.3 Å². The maximum Gasteiger partial charge on any atom is 0.404 e. The predicted octanol–water partition coefficient (Wildman–Crippen LogP) is 6.05. The summed E-state index contributed by atoms with van der Waals surface area (Å²) in [7, 11) is 0.0546. The Morgan fingerprint density at radius 2 is 1.72 bits per heavy atom. The summed E-state index contributed by atoms with van der Waals surface area (Å²) >= 11 is 0. The summed E-state index contributed by atoms with van der Waals surface area (Å²) in [6, 6.07) is 1.14. The Hall–Kier alpha value is -3.11. The molecular formula is C34H49F5N6O4Si. The van der Waals surface area contributed by atoms with Crippen molar-refractivity contribution in [2.24, 2.45) is 5.92 Å². The highest BCUT2D eigenvalue weighted by Crippen LogP contribution is 2.41. The maximum absolute atomic E-state index is 15.1. The summed E-state index contributed by atoms with van der Waals surface area (Å²) in [6.45, 7) is 9.22. The smallest absolute Gasteiger partial charge is 0.404 e. The molecule has 16 heteroatoms. The van der Waals surface area contributed by atoms with Gasteiger partial charge >= 0.3 is 6.18 Å². The second-order valence-electron chi connectivity index (χ2n) is 15.7. The van der Waals surface area contributed by atoms with Gasteiger partial charge in [0.15, 0.2) is 11.5 Å². The number of alkyl halides is 4. The van der Waals surface area contributed by atoms with Crippen LogP contribution in [0, 0.1) is 11.7 Å². The van der Waals surface area contributed by atoms with Crippen molar-refractivity contribution in [3.8, 4) is 17.1 Å². The Labute approximate surface area is 291 Å².